The summed E-state index contributed by atoms with van der Waals surface area (Å²) in [5.41, 5.74) is 0.841. The standard InChI is InChI=1S/C16H13FN2O2S2/c17-14-6-8-15(9-7-14)23(20,21)19(16-18-10-11-22-16)12-13-4-2-1-3-5-13/h1-11H,12H2. The first kappa shape index (κ1) is 15.6. The van der Waals surface area contributed by atoms with Crippen molar-refractivity contribution in [2.45, 2.75) is 11.4 Å². The van der Waals surface area contributed by atoms with Crippen molar-refractivity contribution in [3.05, 3.63) is 77.6 Å². The maximum absolute atomic E-state index is 13.1. The molecule has 3 rings (SSSR count). The minimum absolute atomic E-state index is 0.0324. The molecule has 4 nitrogen and oxygen atoms in total. The van der Waals surface area contributed by atoms with E-state index in [1.165, 1.54) is 27.8 Å². The number of sulfonamides is 1. The van der Waals surface area contributed by atoms with Crippen LogP contribution in [0.1, 0.15) is 5.56 Å². The molecule has 23 heavy (non-hydrogen) atoms. The summed E-state index contributed by atoms with van der Waals surface area (Å²) in [6.45, 7) is 0.161. The number of benzene rings is 2. The fraction of sp³-hybridized carbons (Fsp3) is 0.0625. The minimum atomic E-state index is -3.82. The maximum atomic E-state index is 13.1. The van der Waals surface area contributed by atoms with Crippen molar-refractivity contribution in [2.75, 3.05) is 4.31 Å². The molecule has 7 heteroatoms. The molecule has 1 heterocycles. The summed E-state index contributed by atoms with van der Waals surface area (Å²) in [6.07, 6.45) is 1.55. The SMILES string of the molecule is O=S(=O)(c1ccc(F)cc1)N(Cc1ccccc1)c1nccs1. The molecular weight excluding hydrogens is 335 g/mol. The summed E-state index contributed by atoms with van der Waals surface area (Å²) < 4.78 is 40.1. The molecule has 0 spiro atoms. The van der Waals surface area contributed by atoms with Crippen LogP contribution < -0.4 is 4.31 Å². The van der Waals surface area contributed by atoms with Gasteiger partial charge in [0.2, 0.25) is 0 Å². The van der Waals surface area contributed by atoms with Crippen LogP contribution in [0.4, 0.5) is 9.52 Å². The highest BCUT2D eigenvalue weighted by molar-refractivity contribution is 7.93. The highest BCUT2D eigenvalue weighted by atomic mass is 32.2. The van der Waals surface area contributed by atoms with E-state index in [0.29, 0.717) is 5.13 Å². The summed E-state index contributed by atoms with van der Waals surface area (Å²) >= 11 is 1.24. The monoisotopic (exact) mass is 348 g/mol. The highest BCUT2D eigenvalue weighted by Crippen LogP contribution is 2.27. The first-order valence-electron chi connectivity index (χ1n) is 6.79. The van der Waals surface area contributed by atoms with Crippen molar-refractivity contribution >= 4 is 26.5 Å². The topological polar surface area (TPSA) is 50.3 Å². The van der Waals surface area contributed by atoms with E-state index in [0.717, 1.165) is 17.7 Å². The number of nitrogens with zero attached hydrogens (tertiary/aromatic N) is 2. The van der Waals surface area contributed by atoms with E-state index in [-0.39, 0.29) is 11.4 Å². The lowest BCUT2D eigenvalue weighted by molar-refractivity contribution is 0.589. The molecule has 0 aliphatic carbocycles. The van der Waals surface area contributed by atoms with Crippen LogP contribution in [0.2, 0.25) is 0 Å². The van der Waals surface area contributed by atoms with Gasteiger partial charge in [0.05, 0.1) is 11.4 Å². The molecular formula is C16H13FN2O2S2. The number of rotatable bonds is 5. The van der Waals surface area contributed by atoms with Gasteiger partial charge in [-0.3, -0.25) is 0 Å². The van der Waals surface area contributed by atoms with Gasteiger partial charge in [-0.25, -0.2) is 22.1 Å². The molecule has 0 radical (unpaired) electrons. The number of halogens is 1. The summed E-state index contributed by atoms with van der Waals surface area (Å²) in [7, 11) is -3.82. The molecule has 0 saturated heterocycles. The fourth-order valence-corrected chi connectivity index (χ4v) is 4.35. The van der Waals surface area contributed by atoms with Gasteiger partial charge >= 0.3 is 0 Å². The van der Waals surface area contributed by atoms with E-state index in [1.54, 1.807) is 11.6 Å². The second kappa shape index (κ2) is 6.47. The average Bonchev–Trinajstić information content (AvgIpc) is 3.08. The first-order chi connectivity index (χ1) is 11.1. The number of hydrogen-bond donors (Lipinski definition) is 0. The van der Waals surface area contributed by atoms with Crippen LogP contribution in [0, 0.1) is 5.82 Å². The Morgan fingerprint density at radius 1 is 1.04 bits per heavy atom. The van der Waals surface area contributed by atoms with E-state index in [4.69, 9.17) is 0 Å². The van der Waals surface area contributed by atoms with E-state index >= 15 is 0 Å². The highest BCUT2D eigenvalue weighted by Gasteiger charge is 2.27. The summed E-state index contributed by atoms with van der Waals surface area (Å²) in [5, 5.41) is 2.09. The number of anilines is 1. The van der Waals surface area contributed by atoms with E-state index in [1.807, 2.05) is 30.3 Å². The normalized spacial score (nSPS) is 11.3. The first-order valence-corrected chi connectivity index (χ1v) is 9.11. The molecule has 0 amide bonds. The lowest BCUT2D eigenvalue weighted by Gasteiger charge is -2.21. The molecule has 0 aliphatic rings. The zero-order chi connectivity index (χ0) is 16.3. The summed E-state index contributed by atoms with van der Waals surface area (Å²) in [6, 6.07) is 14.0. The molecule has 0 saturated carbocycles. The van der Waals surface area contributed by atoms with Gasteiger partial charge < -0.3 is 0 Å². The lowest BCUT2D eigenvalue weighted by Crippen LogP contribution is -2.30. The van der Waals surface area contributed by atoms with Gasteiger partial charge in [-0.2, -0.15) is 0 Å². The Kier molecular flexibility index (Phi) is 4.40. The van der Waals surface area contributed by atoms with Gasteiger partial charge in [0.15, 0.2) is 5.13 Å². The summed E-state index contributed by atoms with van der Waals surface area (Å²) in [5.74, 6) is -0.479. The molecule has 1 aromatic heterocycles. The maximum Gasteiger partial charge on any atom is 0.266 e. The van der Waals surface area contributed by atoms with Gasteiger partial charge in [-0.05, 0) is 29.8 Å². The van der Waals surface area contributed by atoms with Crippen molar-refractivity contribution in [3.8, 4) is 0 Å². The molecule has 0 N–H and O–H groups in total. The van der Waals surface area contributed by atoms with Crippen LogP contribution in [-0.4, -0.2) is 13.4 Å². The van der Waals surface area contributed by atoms with Gasteiger partial charge in [0.1, 0.15) is 5.82 Å². The second-order valence-electron chi connectivity index (χ2n) is 4.77. The van der Waals surface area contributed by atoms with Gasteiger partial charge in [-0.15, -0.1) is 11.3 Å². The van der Waals surface area contributed by atoms with Crippen LogP contribution in [0.15, 0.2) is 71.1 Å². The zero-order valence-electron chi connectivity index (χ0n) is 12.0. The third-order valence-electron chi connectivity index (χ3n) is 3.20. The zero-order valence-corrected chi connectivity index (χ0v) is 13.6. The molecule has 0 fully saturated rings. The van der Waals surface area contributed by atoms with Gasteiger partial charge in [0.25, 0.3) is 10.0 Å². The number of aromatic nitrogens is 1. The Morgan fingerprint density at radius 3 is 2.35 bits per heavy atom. The van der Waals surface area contributed by atoms with E-state index in [2.05, 4.69) is 4.98 Å². The van der Waals surface area contributed by atoms with Crippen molar-refractivity contribution in [1.82, 2.24) is 4.98 Å². The van der Waals surface area contributed by atoms with E-state index in [9.17, 15) is 12.8 Å². The number of hydrogen-bond acceptors (Lipinski definition) is 4. The number of thiazole rings is 1. The Labute approximate surface area is 137 Å². The Hall–Kier alpha value is -2.25. The average molecular weight is 348 g/mol. The molecule has 0 aliphatic heterocycles. The van der Waals surface area contributed by atoms with E-state index < -0.39 is 15.8 Å². The molecule has 2 aromatic carbocycles. The van der Waals surface area contributed by atoms with Crippen molar-refractivity contribution in [3.63, 3.8) is 0 Å². The Bertz CT molecular complexity index is 864. The van der Waals surface area contributed by atoms with Gasteiger partial charge in [-0.1, -0.05) is 30.3 Å². The molecule has 0 bridgehead atoms. The van der Waals surface area contributed by atoms with Crippen molar-refractivity contribution in [2.24, 2.45) is 0 Å². The van der Waals surface area contributed by atoms with Crippen molar-refractivity contribution in [1.29, 1.82) is 0 Å². The molecule has 118 valence electrons. The second-order valence-corrected chi connectivity index (χ2v) is 7.50. The van der Waals surface area contributed by atoms with Crippen LogP contribution >= 0.6 is 11.3 Å². The fourth-order valence-electron chi connectivity index (χ4n) is 2.08. The predicted molar refractivity (Wildman–Crippen MR) is 88.3 cm³/mol. The lowest BCUT2D eigenvalue weighted by atomic mass is 10.2. The Balaban J connectivity index is 2.02. The quantitative estimate of drug-likeness (QED) is 0.707. The minimum Gasteiger partial charge on any atom is -0.237 e. The molecule has 0 unspecified atom stereocenters. The van der Waals surface area contributed by atoms with Gasteiger partial charge in [0, 0.05) is 11.6 Å². The summed E-state index contributed by atoms with van der Waals surface area (Å²) in [4.78, 5) is 4.15. The Morgan fingerprint density at radius 2 is 1.74 bits per heavy atom. The molecule has 3 aromatic rings. The van der Waals surface area contributed by atoms with Crippen LogP contribution in [0.5, 0.6) is 0 Å². The van der Waals surface area contributed by atoms with Crippen LogP contribution in [0.3, 0.4) is 0 Å². The predicted octanol–water partition coefficient (Wildman–Crippen LogP) is 3.68. The van der Waals surface area contributed by atoms with Crippen LogP contribution in [-0.2, 0) is 16.6 Å². The third-order valence-corrected chi connectivity index (χ3v) is 5.86. The largest absolute Gasteiger partial charge is 0.266 e. The van der Waals surface area contributed by atoms with Crippen LogP contribution in [0.25, 0.3) is 0 Å². The van der Waals surface area contributed by atoms with Crippen molar-refractivity contribution < 1.29 is 12.8 Å². The molecule has 0 atom stereocenters. The smallest absolute Gasteiger partial charge is 0.237 e. The third kappa shape index (κ3) is 3.40.